The maximum atomic E-state index is 6.21. The van der Waals surface area contributed by atoms with E-state index >= 15 is 0 Å². The van der Waals surface area contributed by atoms with Crippen LogP contribution in [0.5, 0.6) is 0 Å². The molecule has 0 aromatic carbocycles. The van der Waals surface area contributed by atoms with Gasteiger partial charge in [-0.15, -0.1) is 0 Å². The zero-order valence-electron chi connectivity index (χ0n) is 12.6. The van der Waals surface area contributed by atoms with Crippen molar-refractivity contribution in [3.05, 3.63) is 0 Å². The van der Waals surface area contributed by atoms with E-state index < -0.39 is 0 Å². The Morgan fingerprint density at radius 3 is 2.61 bits per heavy atom. The fourth-order valence-corrected chi connectivity index (χ4v) is 5.45. The molecular weight excluding hydrogens is 220 g/mol. The van der Waals surface area contributed by atoms with Crippen molar-refractivity contribution in [3.8, 4) is 0 Å². The summed E-state index contributed by atoms with van der Waals surface area (Å²) in [5.74, 6) is 4.80. The summed E-state index contributed by atoms with van der Waals surface area (Å²) in [7, 11) is 0. The monoisotopic (exact) mass is 250 g/mol. The lowest BCUT2D eigenvalue weighted by atomic mass is 9.80. The summed E-state index contributed by atoms with van der Waals surface area (Å²) < 4.78 is 6.21. The molecule has 104 valence electrons. The van der Waals surface area contributed by atoms with Crippen molar-refractivity contribution in [2.24, 2.45) is 35.0 Å². The van der Waals surface area contributed by atoms with Crippen molar-refractivity contribution in [3.63, 3.8) is 0 Å². The first kappa shape index (κ1) is 13.0. The number of hydrogen-bond donors (Lipinski definition) is 0. The Balaban J connectivity index is 1.77. The minimum atomic E-state index is 0.587. The minimum Gasteiger partial charge on any atom is -0.378 e. The lowest BCUT2D eigenvalue weighted by Crippen LogP contribution is -2.30. The van der Waals surface area contributed by atoms with E-state index in [9.17, 15) is 0 Å². The fraction of sp³-hybridized carbons (Fsp3) is 1.00. The fourth-order valence-electron chi connectivity index (χ4n) is 5.45. The van der Waals surface area contributed by atoms with E-state index in [2.05, 4.69) is 27.7 Å². The van der Waals surface area contributed by atoms with Crippen LogP contribution in [-0.2, 0) is 4.74 Å². The topological polar surface area (TPSA) is 9.23 Å². The molecule has 0 N–H and O–H groups in total. The summed E-state index contributed by atoms with van der Waals surface area (Å²) in [5.41, 5.74) is 0.636. The first-order valence-corrected chi connectivity index (χ1v) is 8.19. The molecule has 0 unspecified atom stereocenters. The lowest BCUT2D eigenvalue weighted by molar-refractivity contribution is -0.00997. The highest BCUT2D eigenvalue weighted by Crippen LogP contribution is 2.70. The Labute approximate surface area is 113 Å². The Bertz CT molecular complexity index is 309. The molecule has 1 nitrogen and oxygen atoms in total. The summed E-state index contributed by atoms with van der Waals surface area (Å²) in [5, 5.41) is 0. The molecule has 18 heavy (non-hydrogen) atoms. The minimum absolute atomic E-state index is 0.587. The second kappa shape index (κ2) is 4.51. The van der Waals surface area contributed by atoms with Crippen LogP contribution in [0.3, 0.4) is 0 Å². The molecule has 3 aliphatic rings. The molecule has 0 aliphatic heterocycles. The van der Waals surface area contributed by atoms with Crippen molar-refractivity contribution in [2.45, 2.75) is 65.9 Å². The van der Waals surface area contributed by atoms with E-state index in [4.69, 9.17) is 4.74 Å². The SMILES string of the molecule is CCCO[C@H]1CC[C@@H]2[C@H]([C@H]3[C@H]1CC[C@H]3C)C2(C)C. The van der Waals surface area contributed by atoms with Crippen LogP contribution in [0.1, 0.15) is 59.8 Å². The molecule has 0 saturated heterocycles. The molecule has 3 rings (SSSR count). The second-order valence-corrected chi connectivity index (χ2v) is 7.74. The maximum absolute atomic E-state index is 6.21. The van der Waals surface area contributed by atoms with Gasteiger partial charge in [0.2, 0.25) is 0 Å². The quantitative estimate of drug-likeness (QED) is 0.716. The summed E-state index contributed by atoms with van der Waals surface area (Å²) in [6.07, 6.45) is 7.38. The van der Waals surface area contributed by atoms with Crippen LogP contribution in [0.2, 0.25) is 0 Å². The number of ether oxygens (including phenoxy) is 1. The molecule has 0 radical (unpaired) electrons. The molecule has 0 bridgehead atoms. The normalized spacial score (nSPS) is 49.3. The highest BCUT2D eigenvalue weighted by Gasteiger charge is 2.65. The summed E-state index contributed by atoms with van der Waals surface area (Å²) in [4.78, 5) is 0. The first-order chi connectivity index (χ1) is 8.57. The third kappa shape index (κ3) is 1.85. The van der Waals surface area contributed by atoms with Crippen LogP contribution in [0.15, 0.2) is 0 Å². The average molecular weight is 250 g/mol. The van der Waals surface area contributed by atoms with Crippen LogP contribution in [0.25, 0.3) is 0 Å². The molecule has 3 aliphatic carbocycles. The largest absolute Gasteiger partial charge is 0.378 e. The van der Waals surface area contributed by atoms with E-state index in [1.807, 2.05) is 0 Å². The lowest BCUT2D eigenvalue weighted by Gasteiger charge is -2.30. The number of rotatable bonds is 3. The summed E-state index contributed by atoms with van der Waals surface area (Å²) in [6.45, 7) is 10.7. The van der Waals surface area contributed by atoms with E-state index in [-0.39, 0.29) is 0 Å². The van der Waals surface area contributed by atoms with Crippen LogP contribution >= 0.6 is 0 Å². The van der Waals surface area contributed by atoms with Gasteiger partial charge in [0.25, 0.3) is 0 Å². The van der Waals surface area contributed by atoms with E-state index in [1.54, 1.807) is 0 Å². The Morgan fingerprint density at radius 1 is 1.11 bits per heavy atom. The van der Waals surface area contributed by atoms with Gasteiger partial charge in [0.05, 0.1) is 6.10 Å². The van der Waals surface area contributed by atoms with E-state index in [1.165, 1.54) is 32.1 Å². The summed E-state index contributed by atoms with van der Waals surface area (Å²) in [6, 6.07) is 0. The number of hydrogen-bond acceptors (Lipinski definition) is 1. The third-order valence-corrected chi connectivity index (χ3v) is 6.44. The molecule has 0 aromatic heterocycles. The van der Waals surface area contributed by atoms with Gasteiger partial charge in [0.15, 0.2) is 0 Å². The van der Waals surface area contributed by atoms with Crippen molar-refractivity contribution in [1.29, 1.82) is 0 Å². The van der Waals surface area contributed by atoms with Gasteiger partial charge < -0.3 is 4.74 Å². The predicted octanol–water partition coefficient (Wildman–Crippen LogP) is 4.51. The van der Waals surface area contributed by atoms with Crippen LogP contribution in [-0.4, -0.2) is 12.7 Å². The Hall–Kier alpha value is -0.0400. The standard InChI is InChI=1S/C17H30O/c1-5-10-18-14-9-8-13-16(17(13,3)4)15-11(2)6-7-12(14)15/h11-16H,5-10H2,1-4H3/t11-,12+,13-,14+,15-,16-/m1/s1. The molecule has 0 spiro atoms. The molecular formula is C17H30O. The Morgan fingerprint density at radius 2 is 1.89 bits per heavy atom. The molecule has 6 atom stereocenters. The molecule has 0 aromatic rings. The smallest absolute Gasteiger partial charge is 0.0606 e. The predicted molar refractivity (Wildman–Crippen MR) is 75.4 cm³/mol. The molecule has 3 fully saturated rings. The van der Waals surface area contributed by atoms with Crippen molar-refractivity contribution < 1.29 is 4.74 Å². The number of fused-ring (bicyclic) bond motifs is 3. The van der Waals surface area contributed by atoms with Crippen molar-refractivity contribution in [1.82, 2.24) is 0 Å². The third-order valence-electron chi connectivity index (χ3n) is 6.44. The van der Waals surface area contributed by atoms with Gasteiger partial charge >= 0.3 is 0 Å². The zero-order valence-corrected chi connectivity index (χ0v) is 12.6. The van der Waals surface area contributed by atoms with Gasteiger partial charge in [0, 0.05) is 6.61 Å². The zero-order chi connectivity index (χ0) is 12.9. The van der Waals surface area contributed by atoms with Crippen molar-refractivity contribution >= 4 is 0 Å². The highest BCUT2D eigenvalue weighted by atomic mass is 16.5. The molecule has 3 saturated carbocycles. The van der Waals surface area contributed by atoms with Crippen LogP contribution in [0.4, 0.5) is 0 Å². The molecule has 1 heteroatoms. The Kier molecular flexibility index (Phi) is 3.25. The van der Waals surface area contributed by atoms with Gasteiger partial charge in [0.1, 0.15) is 0 Å². The average Bonchev–Trinajstić information content (AvgIpc) is 2.74. The molecule has 0 amide bonds. The highest BCUT2D eigenvalue weighted by molar-refractivity contribution is 5.13. The van der Waals surface area contributed by atoms with Gasteiger partial charge in [-0.3, -0.25) is 0 Å². The van der Waals surface area contributed by atoms with Gasteiger partial charge in [-0.1, -0.05) is 34.1 Å². The van der Waals surface area contributed by atoms with E-state index in [0.29, 0.717) is 11.5 Å². The van der Waals surface area contributed by atoms with Crippen LogP contribution in [0, 0.1) is 35.0 Å². The van der Waals surface area contributed by atoms with E-state index in [0.717, 1.165) is 36.2 Å². The van der Waals surface area contributed by atoms with Gasteiger partial charge in [-0.2, -0.15) is 0 Å². The second-order valence-electron chi connectivity index (χ2n) is 7.74. The summed E-state index contributed by atoms with van der Waals surface area (Å²) >= 11 is 0. The van der Waals surface area contributed by atoms with Gasteiger partial charge in [-0.25, -0.2) is 0 Å². The molecule has 0 heterocycles. The maximum Gasteiger partial charge on any atom is 0.0606 e. The first-order valence-electron chi connectivity index (χ1n) is 8.19. The van der Waals surface area contributed by atoms with Crippen LogP contribution < -0.4 is 0 Å². The van der Waals surface area contributed by atoms with Crippen molar-refractivity contribution in [2.75, 3.05) is 6.61 Å². The van der Waals surface area contributed by atoms with Gasteiger partial charge in [-0.05, 0) is 60.7 Å².